The molecule has 1 aromatic rings. The van der Waals surface area contributed by atoms with Crippen LogP contribution in [0.1, 0.15) is 39.1 Å². The van der Waals surface area contributed by atoms with Crippen molar-refractivity contribution in [3.8, 4) is 0 Å². The van der Waals surface area contributed by atoms with E-state index in [1.165, 1.54) is 13.0 Å². The highest BCUT2D eigenvalue weighted by Gasteiger charge is 2.52. The minimum absolute atomic E-state index is 0.262. The number of aromatic nitrogens is 1. The van der Waals surface area contributed by atoms with Crippen LogP contribution in [0.25, 0.3) is 0 Å². The van der Waals surface area contributed by atoms with Crippen molar-refractivity contribution in [1.29, 1.82) is 0 Å². The van der Waals surface area contributed by atoms with Gasteiger partial charge in [-0.05, 0) is 40.7 Å². The molecule has 0 saturated carbocycles. The second kappa shape index (κ2) is 4.46. The topological polar surface area (TPSA) is 31.4 Å². The SMILES string of the molecule is Cc1nc(C(F)(F)F)ccc1B1OC(C)(C)C(C)(C)O1. The normalized spacial score (nSPS) is 21.3. The summed E-state index contributed by atoms with van der Waals surface area (Å²) in [4.78, 5) is 3.60. The molecule has 20 heavy (non-hydrogen) atoms. The fourth-order valence-corrected chi connectivity index (χ4v) is 1.95. The first-order valence-corrected chi connectivity index (χ1v) is 6.34. The molecule has 0 atom stereocenters. The van der Waals surface area contributed by atoms with E-state index in [1.807, 2.05) is 27.7 Å². The Bertz CT molecular complexity index is 513. The van der Waals surface area contributed by atoms with E-state index in [4.69, 9.17) is 9.31 Å². The van der Waals surface area contributed by atoms with Gasteiger partial charge in [0.15, 0.2) is 0 Å². The Morgan fingerprint density at radius 2 is 1.55 bits per heavy atom. The lowest BCUT2D eigenvalue weighted by molar-refractivity contribution is -0.141. The summed E-state index contributed by atoms with van der Waals surface area (Å²) in [5.41, 5.74) is -1.19. The first-order valence-electron chi connectivity index (χ1n) is 6.34. The van der Waals surface area contributed by atoms with Crippen molar-refractivity contribution in [2.75, 3.05) is 0 Å². The van der Waals surface area contributed by atoms with Crippen LogP contribution in [0.4, 0.5) is 13.2 Å². The molecule has 1 saturated heterocycles. The third kappa shape index (κ3) is 2.56. The van der Waals surface area contributed by atoms with Crippen LogP contribution in [-0.4, -0.2) is 23.3 Å². The van der Waals surface area contributed by atoms with Gasteiger partial charge < -0.3 is 9.31 Å². The Labute approximate surface area is 116 Å². The van der Waals surface area contributed by atoms with Gasteiger partial charge in [0.05, 0.1) is 11.2 Å². The zero-order valence-electron chi connectivity index (χ0n) is 12.1. The third-order valence-corrected chi connectivity index (χ3v) is 3.92. The van der Waals surface area contributed by atoms with Gasteiger partial charge in [0.2, 0.25) is 0 Å². The lowest BCUT2D eigenvalue weighted by Crippen LogP contribution is -2.41. The van der Waals surface area contributed by atoms with Gasteiger partial charge >= 0.3 is 13.3 Å². The minimum atomic E-state index is -4.45. The summed E-state index contributed by atoms with van der Waals surface area (Å²) < 4.78 is 49.4. The second-order valence-electron chi connectivity index (χ2n) is 5.96. The molecule has 0 amide bonds. The largest absolute Gasteiger partial charge is 0.496 e. The molecule has 110 valence electrons. The van der Waals surface area contributed by atoms with Crippen LogP contribution in [0.5, 0.6) is 0 Å². The van der Waals surface area contributed by atoms with Crippen LogP contribution in [-0.2, 0) is 15.5 Å². The molecular formula is C13H17BF3NO2. The van der Waals surface area contributed by atoms with Gasteiger partial charge in [-0.25, -0.2) is 4.98 Å². The number of aryl methyl sites for hydroxylation is 1. The summed E-state index contributed by atoms with van der Waals surface area (Å²) in [7, 11) is -0.699. The highest BCUT2D eigenvalue weighted by molar-refractivity contribution is 6.62. The fourth-order valence-electron chi connectivity index (χ4n) is 1.95. The standard InChI is InChI=1S/C13H17BF3NO2/c1-8-9(6-7-10(18-8)13(15,16)17)14-19-11(2,3)12(4,5)20-14/h6-7H,1-5H3. The predicted octanol–water partition coefficient (Wildman–Crippen LogP) is 2.71. The third-order valence-electron chi connectivity index (χ3n) is 3.92. The van der Waals surface area contributed by atoms with Gasteiger partial charge in [0.1, 0.15) is 5.69 Å². The maximum absolute atomic E-state index is 12.6. The summed E-state index contributed by atoms with van der Waals surface area (Å²) >= 11 is 0. The first-order chi connectivity index (χ1) is 8.94. The van der Waals surface area contributed by atoms with E-state index in [1.54, 1.807) is 0 Å². The van der Waals surface area contributed by atoms with E-state index < -0.39 is 30.2 Å². The number of nitrogens with zero attached hydrogens (tertiary/aromatic N) is 1. The Balaban J connectivity index is 2.33. The van der Waals surface area contributed by atoms with Crippen molar-refractivity contribution in [2.24, 2.45) is 0 Å². The first kappa shape index (κ1) is 15.3. The Kier molecular flexibility index (Phi) is 3.42. The number of alkyl halides is 3. The van der Waals surface area contributed by atoms with Crippen molar-refractivity contribution in [1.82, 2.24) is 4.98 Å². The van der Waals surface area contributed by atoms with E-state index >= 15 is 0 Å². The lowest BCUT2D eigenvalue weighted by Gasteiger charge is -2.32. The number of rotatable bonds is 1. The smallest absolute Gasteiger partial charge is 0.399 e. The number of hydrogen-bond donors (Lipinski definition) is 0. The molecule has 1 aliphatic rings. The van der Waals surface area contributed by atoms with Gasteiger partial charge in [0.25, 0.3) is 0 Å². The van der Waals surface area contributed by atoms with Crippen LogP contribution < -0.4 is 5.46 Å². The van der Waals surface area contributed by atoms with Gasteiger partial charge in [-0.1, -0.05) is 6.07 Å². The molecular weight excluding hydrogens is 270 g/mol. The highest BCUT2D eigenvalue weighted by atomic mass is 19.4. The zero-order valence-corrected chi connectivity index (χ0v) is 12.1. The predicted molar refractivity (Wildman–Crippen MR) is 69.7 cm³/mol. The van der Waals surface area contributed by atoms with E-state index in [0.717, 1.165) is 6.07 Å². The molecule has 0 radical (unpaired) electrons. The van der Waals surface area contributed by atoms with Crippen LogP contribution in [0.15, 0.2) is 12.1 Å². The van der Waals surface area contributed by atoms with E-state index in [2.05, 4.69) is 4.98 Å². The minimum Gasteiger partial charge on any atom is -0.399 e. The molecule has 3 nitrogen and oxygen atoms in total. The molecule has 0 unspecified atom stereocenters. The maximum Gasteiger partial charge on any atom is 0.496 e. The van der Waals surface area contributed by atoms with Gasteiger partial charge in [-0.3, -0.25) is 0 Å². The van der Waals surface area contributed by atoms with Crippen molar-refractivity contribution in [3.05, 3.63) is 23.5 Å². The van der Waals surface area contributed by atoms with Crippen molar-refractivity contribution >= 4 is 12.6 Å². The molecule has 0 bridgehead atoms. The van der Waals surface area contributed by atoms with Gasteiger partial charge in [-0.2, -0.15) is 13.2 Å². The zero-order chi connectivity index (χ0) is 15.3. The fraction of sp³-hybridized carbons (Fsp3) is 0.615. The molecule has 2 heterocycles. The second-order valence-corrected chi connectivity index (χ2v) is 5.96. The highest BCUT2D eigenvalue weighted by Crippen LogP contribution is 2.36. The van der Waals surface area contributed by atoms with Crippen LogP contribution in [0.3, 0.4) is 0 Å². The number of pyridine rings is 1. The maximum atomic E-state index is 12.6. The molecule has 1 aliphatic heterocycles. The van der Waals surface area contributed by atoms with Gasteiger partial charge in [-0.15, -0.1) is 0 Å². The molecule has 0 aliphatic carbocycles. The number of halogens is 3. The van der Waals surface area contributed by atoms with E-state index in [0.29, 0.717) is 5.46 Å². The van der Waals surface area contributed by atoms with Crippen LogP contribution >= 0.6 is 0 Å². The average Bonchev–Trinajstić information content (AvgIpc) is 2.46. The van der Waals surface area contributed by atoms with E-state index in [-0.39, 0.29) is 5.69 Å². The summed E-state index contributed by atoms with van der Waals surface area (Å²) in [6, 6.07) is 2.32. The summed E-state index contributed by atoms with van der Waals surface area (Å²) in [6.07, 6.45) is -4.45. The molecule has 0 spiro atoms. The molecule has 2 rings (SSSR count). The molecule has 0 aromatic carbocycles. The average molecular weight is 287 g/mol. The van der Waals surface area contributed by atoms with Crippen LogP contribution in [0, 0.1) is 6.92 Å². The van der Waals surface area contributed by atoms with Crippen molar-refractivity contribution in [3.63, 3.8) is 0 Å². The summed E-state index contributed by atoms with van der Waals surface area (Å²) in [6.45, 7) is 9.08. The Morgan fingerprint density at radius 3 is 1.95 bits per heavy atom. The Morgan fingerprint density at radius 1 is 1.05 bits per heavy atom. The number of hydrogen-bond acceptors (Lipinski definition) is 3. The molecule has 7 heteroatoms. The van der Waals surface area contributed by atoms with Crippen molar-refractivity contribution in [2.45, 2.75) is 52.0 Å². The molecule has 0 N–H and O–H groups in total. The summed E-state index contributed by atoms with van der Waals surface area (Å²) in [5.74, 6) is 0. The van der Waals surface area contributed by atoms with Crippen LogP contribution in [0.2, 0.25) is 0 Å². The lowest BCUT2D eigenvalue weighted by atomic mass is 9.78. The molecule has 1 fully saturated rings. The Hall–Kier alpha value is -1.08. The van der Waals surface area contributed by atoms with E-state index in [9.17, 15) is 13.2 Å². The van der Waals surface area contributed by atoms with Crippen molar-refractivity contribution < 1.29 is 22.5 Å². The van der Waals surface area contributed by atoms with Gasteiger partial charge in [0, 0.05) is 11.2 Å². The summed E-state index contributed by atoms with van der Waals surface area (Å²) in [5, 5.41) is 0. The molecule has 1 aromatic heterocycles. The monoisotopic (exact) mass is 287 g/mol. The quantitative estimate of drug-likeness (QED) is 0.744.